The maximum absolute atomic E-state index is 12.5. The van der Waals surface area contributed by atoms with E-state index >= 15 is 0 Å². The van der Waals surface area contributed by atoms with Crippen LogP contribution in [0.3, 0.4) is 0 Å². The van der Waals surface area contributed by atoms with Crippen molar-refractivity contribution in [1.82, 2.24) is 5.32 Å². The summed E-state index contributed by atoms with van der Waals surface area (Å²) in [4.78, 5) is 24.5. The maximum atomic E-state index is 12.5. The molecule has 2 atom stereocenters. The van der Waals surface area contributed by atoms with E-state index < -0.39 is 12.1 Å². The van der Waals surface area contributed by atoms with Crippen molar-refractivity contribution in [1.29, 1.82) is 0 Å². The lowest BCUT2D eigenvalue weighted by atomic mass is 10.0. The number of allylic oxidation sites excluding steroid dienone is 4. The van der Waals surface area contributed by atoms with Crippen LogP contribution < -0.4 is 5.32 Å². The van der Waals surface area contributed by atoms with Crippen molar-refractivity contribution in [2.75, 3.05) is 13.2 Å². The fraction of sp³-hybridized carbons (Fsp3) is 0.915. The zero-order valence-corrected chi connectivity index (χ0v) is 52.2. The second-order valence-electron chi connectivity index (χ2n) is 24.2. The number of carbonyl (C=O) groups excluding carboxylic acids is 2. The molecular weight excluding hydrogens is 947 g/mol. The van der Waals surface area contributed by atoms with Crippen LogP contribution in [0.1, 0.15) is 393 Å². The first-order valence-corrected chi connectivity index (χ1v) is 35.1. The van der Waals surface area contributed by atoms with E-state index in [1.165, 1.54) is 315 Å². The van der Waals surface area contributed by atoms with Crippen molar-refractivity contribution in [2.24, 2.45) is 0 Å². The highest BCUT2D eigenvalue weighted by atomic mass is 16.5. The average molecular weight is 1080 g/mol. The topological polar surface area (TPSA) is 95.9 Å². The van der Waals surface area contributed by atoms with Gasteiger partial charge in [-0.05, 0) is 77.0 Å². The molecule has 0 fully saturated rings. The van der Waals surface area contributed by atoms with Gasteiger partial charge >= 0.3 is 5.97 Å². The first-order chi connectivity index (χ1) is 38.0. The fourth-order valence-corrected chi connectivity index (χ4v) is 11.1. The lowest BCUT2D eigenvalue weighted by molar-refractivity contribution is -0.143. The molecule has 1 amide bonds. The van der Waals surface area contributed by atoms with Crippen LogP contribution >= 0.6 is 0 Å². The maximum Gasteiger partial charge on any atom is 0.305 e. The van der Waals surface area contributed by atoms with Crippen LogP contribution in [0.2, 0.25) is 0 Å². The van der Waals surface area contributed by atoms with E-state index in [0.29, 0.717) is 25.9 Å². The van der Waals surface area contributed by atoms with E-state index in [0.717, 1.165) is 44.9 Å². The largest absolute Gasteiger partial charge is 0.466 e. The van der Waals surface area contributed by atoms with Crippen molar-refractivity contribution in [3.63, 3.8) is 0 Å². The van der Waals surface area contributed by atoms with Gasteiger partial charge in [0.25, 0.3) is 0 Å². The Morgan fingerprint density at radius 1 is 0.351 bits per heavy atom. The molecule has 456 valence electrons. The van der Waals surface area contributed by atoms with E-state index in [4.69, 9.17) is 4.74 Å². The van der Waals surface area contributed by atoms with Crippen LogP contribution in [-0.4, -0.2) is 47.4 Å². The Bertz CT molecular complexity index is 1200. The summed E-state index contributed by atoms with van der Waals surface area (Å²) in [6.45, 7) is 4.94. The number of amides is 1. The van der Waals surface area contributed by atoms with Crippen molar-refractivity contribution in [3.05, 3.63) is 24.3 Å². The quantitative estimate of drug-likeness (QED) is 0.0320. The molecule has 0 aliphatic rings. The fourth-order valence-electron chi connectivity index (χ4n) is 11.1. The SMILES string of the molecule is CCCCC/C=C\CCCCCCCC(=O)OCCCCCCCCCCCCCCCCCC/C=C\CCCCCCCCCCCCCCCCCCCC(=O)NC(CO)C(O)CCCCCCCCCCCCC. The molecule has 6 nitrogen and oxygen atoms in total. The normalized spacial score (nSPS) is 12.6. The van der Waals surface area contributed by atoms with Gasteiger partial charge in [0.15, 0.2) is 0 Å². The molecular formula is C71H137NO5. The molecule has 0 rings (SSSR count). The first kappa shape index (κ1) is 75.3. The minimum Gasteiger partial charge on any atom is -0.466 e. The van der Waals surface area contributed by atoms with Gasteiger partial charge in [-0.2, -0.15) is 0 Å². The lowest BCUT2D eigenvalue weighted by Crippen LogP contribution is -2.45. The summed E-state index contributed by atoms with van der Waals surface area (Å²) >= 11 is 0. The predicted octanol–water partition coefficient (Wildman–Crippen LogP) is 22.5. The summed E-state index contributed by atoms with van der Waals surface area (Å²) in [7, 11) is 0. The molecule has 0 aliphatic carbocycles. The molecule has 0 saturated heterocycles. The lowest BCUT2D eigenvalue weighted by Gasteiger charge is -2.22. The molecule has 0 bridgehead atoms. The van der Waals surface area contributed by atoms with Gasteiger partial charge in [-0.3, -0.25) is 9.59 Å². The van der Waals surface area contributed by atoms with Crippen LogP contribution in [0.15, 0.2) is 24.3 Å². The zero-order valence-electron chi connectivity index (χ0n) is 52.2. The third kappa shape index (κ3) is 63.4. The van der Waals surface area contributed by atoms with Crippen molar-refractivity contribution in [3.8, 4) is 0 Å². The third-order valence-corrected chi connectivity index (χ3v) is 16.5. The number of nitrogens with one attached hydrogen (secondary N) is 1. The Hall–Kier alpha value is -1.66. The minimum absolute atomic E-state index is 0.0116. The monoisotopic (exact) mass is 1080 g/mol. The van der Waals surface area contributed by atoms with Crippen LogP contribution in [0, 0.1) is 0 Å². The molecule has 0 aromatic carbocycles. The summed E-state index contributed by atoms with van der Waals surface area (Å²) in [6.07, 6.45) is 83.9. The molecule has 0 aromatic rings. The highest BCUT2D eigenvalue weighted by molar-refractivity contribution is 5.76. The van der Waals surface area contributed by atoms with Crippen LogP contribution in [0.5, 0.6) is 0 Å². The molecule has 0 aromatic heterocycles. The number of hydrogen-bond acceptors (Lipinski definition) is 5. The number of unbranched alkanes of at least 4 members (excludes halogenated alkanes) is 51. The number of aliphatic hydroxyl groups excluding tert-OH is 2. The Labute approximate surface area is 481 Å². The van der Waals surface area contributed by atoms with E-state index in [1.54, 1.807) is 0 Å². The zero-order chi connectivity index (χ0) is 55.7. The van der Waals surface area contributed by atoms with Crippen molar-refractivity contribution < 1.29 is 24.5 Å². The summed E-state index contributed by atoms with van der Waals surface area (Å²) in [5.41, 5.74) is 0. The van der Waals surface area contributed by atoms with Crippen molar-refractivity contribution in [2.45, 2.75) is 405 Å². The van der Waals surface area contributed by atoms with E-state index in [1.807, 2.05) is 0 Å². The van der Waals surface area contributed by atoms with Gasteiger partial charge in [-0.25, -0.2) is 0 Å². The second-order valence-corrected chi connectivity index (χ2v) is 24.2. The summed E-state index contributed by atoms with van der Waals surface area (Å²) < 4.78 is 5.48. The molecule has 0 aliphatic heterocycles. The molecule has 0 radical (unpaired) electrons. The molecule has 6 heteroatoms. The Morgan fingerprint density at radius 2 is 0.610 bits per heavy atom. The Balaban J connectivity index is 3.31. The number of rotatable bonds is 66. The Morgan fingerprint density at radius 3 is 0.948 bits per heavy atom. The number of hydrogen-bond donors (Lipinski definition) is 3. The van der Waals surface area contributed by atoms with Gasteiger partial charge < -0.3 is 20.3 Å². The van der Waals surface area contributed by atoms with Crippen LogP contribution in [0.4, 0.5) is 0 Å². The van der Waals surface area contributed by atoms with E-state index in [2.05, 4.69) is 43.5 Å². The summed E-state index contributed by atoms with van der Waals surface area (Å²) in [6, 6.07) is -0.536. The average Bonchev–Trinajstić information content (AvgIpc) is 3.43. The Kier molecular flexibility index (Phi) is 65.4. The molecule has 0 spiro atoms. The number of ether oxygens (including phenoxy) is 1. The predicted molar refractivity (Wildman–Crippen MR) is 338 cm³/mol. The van der Waals surface area contributed by atoms with Gasteiger partial charge in [-0.15, -0.1) is 0 Å². The smallest absolute Gasteiger partial charge is 0.305 e. The second kappa shape index (κ2) is 66.8. The van der Waals surface area contributed by atoms with Gasteiger partial charge in [-0.1, -0.05) is 327 Å². The number of aliphatic hydroxyl groups is 2. The molecule has 2 unspecified atom stereocenters. The standard InChI is InChI=1S/C71H137NO5/c1-3-5-7-9-11-13-15-45-49-53-57-61-65-71(76)77-66-62-58-54-50-46-42-40-38-36-34-32-30-28-26-24-22-20-18-16-17-19-21-23-25-27-29-31-33-35-37-39-41-44-48-52-56-60-64-70(75)72-68(67-73)69(74)63-59-55-51-47-43-14-12-10-8-6-4-2/h11,13,16,18,68-69,73-74H,3-10,12,14-15,17,19-67H2,1-2H3,(H,72,75)/b13-11-,18-16-. The third-order valence-electron chi connectivity index (χ3n) is 16.5. The van der Waals surface area contributed by atoms with Gasteiger partial charge in [0.2, 0.25) is 5.91 Å². The number of carbonyl (C=O) groups is 2. The molecule has 0 saturated carbocycles. The molecule has 77 heavy (non-hydrogen) atoms. The van der Waals surface area contributed by atoms with E-state index in [-0.39, 0.29) is 18.5 Å². The highest BCUT2D eigenvalue weighted by Gasteiger charge is 2.20. The molecule has 0 heterocycles. The highest BCUT2D eigenvalue weighted by Crippen LogP contribution is 2.19. The summed E-state index contributed by atoms with van der Waals surface area (Å²) in [5.74, 6) is -0.0185. The molecule has 3 N–H and O–H groups in total. The minimum atomic E-state index is -0.659. The van der Waals surface area contributed by atoms with Crippen LogP contribution in [-0.2, 0) is 14.3 Å². The van der Waals surface area contributed by atoms with Crippen molar-refractivity contribution >= 4 is 11.9 Å². The summed E-state index contributed by atoms with van der Waals surface area (Å²) in [5, 5.41) is 23.2. The van der Waals surface area contributed by atoms with E-state index in [9.17, 15) is 19.8 Å². The van der Waals surface area contributed by atoms with Crippen LogP contribution in [0.25, 0.3) is 0 Å². The first-order valence-electron chi connectivity index (χ1n) is 35.1. The van der Waals surface area contributed by atoms with Gasteiger partial charge in [0.1, 0.15) is 0 Å². The van der Waals surface area contributed by atoms with Gasteiger partial charge in [0.05, 0.1) is 25.4 Å². The number of esters is 1. The van der Waals surface area contributed by atoms with Gasteiger partial charge in [0, 0.05) is 12.8 Å².